The SMILES string of the molecule is Cc1nn(C2CCNCC2)c(C)c1CCCO. The Balaban J connectivity index is 2.17. The molecule has 0 saturated carbocycles. The van der Waals surface area contributed by atoms with Gasteiger partial charge in [-0.05, 0) is 58.2 Å². The molecular weight excluding hydrogens is 214 g/mol. The van der Waals surface area contributed by atoms with Crippen LogP contribution in [0.15, 0.2) is 0 Å². The molecule has 2 rings (SSSR count). The summed E-state index contributed by atoms with van der Waals surface area (Å²) >= 11 is 0. The minimum Gasteiger partial charge on any atom is -0.396 e. The first-order valence-electron chi connectivity index (χ1n) is 6.60. The number of rotatable bonds is 4. The van der Waals surface area contributed by atoms with Crippen molar-refractivity contribution < 1.29 is 5.11 Å². The van der Waals surface area contributed by atoms with Crippen molar-refractivity contribution >= 4 is 0 Å². The number of aromatic nitrogens is 2. The molecule has 1 aromatic rings. The number of hydrogen-bond acceptors (Lipinski definition) is 3. The number of aliphatic hydroxyl groups excluding tert-OH is 1. The first-order valence-corrected chi connectivity index (χ1v) is 6.60. The van der Waals surface area contributed by atoms with Crippen LogP contribution in [0.3, 0.4) is 0 Å². The second-order valence-corrected chi connectivity index (χ2v) is 4.90. The summed E-state index contributed by atoms with van der Waals surface area (Å²) in [5.74, 6) is 0. The molecule has 0 aliphatic carbocycles. The summed E-state index contributed by atoms with van der Waals surface area (Å²) in [7, 11) is 0. The Labute approximate surface area is 103 Å². The molecular formula is C13H23N3O. The molecule has 0 bridgehead atoms. The van der Waals surface area contributed by atoms with Crippen molar-refractivity contribution in [2.24, 2.45) is 0 Å². The monoisotopic (exact) mass is 237 g/mol. The molecule has 96 valence electrons. The highest BCUT2D eigenvalue weighted by Gasteiger charge is 2.20. The Morgan fingerprint density at radius 1 is 1.35 bits per heavy atom. The summed E-state index contributed by atoms with van der Waals surface area (Å²) in [6.07, 6.45) is 4.11. The molecule has 0 aromatic carbocycles. The van der Waals surface area contributed by atoms with Gasteiger partial charge in [0.25, 0.3) is 0 Å². The van der Waals surface area contributed by atoms with Crippen LogP contribution in [0.2, 0.25) is 0 Å². The van der Waals surface area contributed by atoms with Crippen LogP contribution in [0.25, 0.3) is 0 Å². The van der Waals surface area contributed by atoms with Gasteiger partial charge in [-0.15, -0.1) is 0 Å². The average Bonchev–Trinajstić information content (AvgIpc) is 2.64. The zero-order valence-corrected chi connectivity index (χ0v) is 10.9. The molecule has 0 atom stereocenters. The molecule has 17 heavy (non-hydrogen) atoms. The maximum absolute atomic E-state index is 8.93. The van der Waals surface area contributed by atoms with E-state index in [-0.39, 0.29) is 6.61 Å². The van der Waals surface area contributed by atoms with Crippen molar-refractivity contribution in [1.29, 1.82) is 0 Å². The number of nitrogens with zero attached hydrogens (tertiary/aromatic N) is 2. The van der Waals surface area contributed by atoms with E-state index >= 15 is 0 Å². The number of piperidine rings is 1. The molecule has 2 N–H and O–H groups in total. The zero-order valence-electron chi connectivity index (χ0n) is 10.9. The lowest BCUT2D eigenvalue weighted by atomic mass is 10.1. The lowest BCUT2D eigenvalue weighted by Crippen LogP contribution is -2.30. The van der Waals surface area contributed by atoms with Gasteiger partial charge >= 0.3 is 0 Å². The Bertz CT molecular complexity index is 367. The third kappa shape index (κ3) is 2.69. The van der Waals surface area contributed by atoms with Crippen molar-refractivity contribution in [3.8, 4) is 0 Å². The van der Waals surface area contributed by atoms with Crippen LogP contribution in [0.5, 0.6) is 0 Å². The van der Waals surface area contributed by atoms with Gasteiger partial charge in [0.15, 0.2) is 0 Å². The summed E-state index contributed by atoms with van der Waals surface area (Å²) in [6.45, 7) is 6.69. The van der Waals surface area contributed by atoms with Gasteiger partial charge in [-0.1, -0.05) is 0 Å². The van der Waals surface area contributed by atoms with E-state index in [0.717, 1.165) is 31.6 Å². The third-order valence-corrected chi connectivity index (χ3v) is 3.71. The molecule has 2 heterocycles. The Hall–Kier alpha value is -0.870. The fourth-order valence-electron chi connectivity index (χ4n) is 2.72. The highest BCUT2D eigenvalue weighted by molar-refractivity contribution is 5.25. The molecule has 1 fully saturated rings. The maximum atomic E-state index is 8.93. The zero-order chi connectivity index (χ0) is 12.3. The standard InChI is InChI=1S/C13H23N3O/c1-10-13(4-3-9-17)11(2)16(15-10)12-5-7-14-8-6-12/h12,14,17H,3-9H2,1-2H3. The van der Waals surface area contributed by atoms with Crippen molar-refractivity contribution in [3.05, 3.63) is 17.0 Å². The minimum atomic E-state index is 0.261. The fraction of sp³-hybridized carbons (Fsp3) is 0.769. The van der Waals surface area contributed by atoms with Gasteiger partial charge in [-0.3, -0.25) is 4.68 Å². The van der Waals surface area contributed by atoms with Gasteiger partial charge in [0, 0.05) is 12.3 Å². The summed E-state index contributed by atoms with van der Waals surface area (Å²) in [6, 6.07) is 0.554. The van der Waals surface area contributed by atoms with E-state index in [2.05, 4.69) is 23.8 Å². The van der Waals surface area contributed by atoms with E-state index in [0.29, 0.717) is 6.04 Å². The van der Waals surface area contributed by atoms with Crippen LogP contribution in [0.4, 0.5) is 0 Å². The predicted octanol–water partition coefficient (Wildman–Crippen LogP) is 1.35. The first kappa shape index (κ1) is 12.6. The highest BCUT2D eigenvalue weighted by Crippen LogP contribution is 2.24. The maximum Gasteiger partial charge on any atom is 0.0628 e. The van der Waals surface area contributed by atoms with Crippen LogP contribution in [-0.2, 0) is 6.42 Å². The van der Waals surface area contributed by atoms with Crippen LogP contribution in [-0.4, -0.2) is 34.6 Å². The van der Waals surface area contributed by atoms with Crippen LogP contribution < -0.4 is 5.32 Å². The summed E-state index contributed by atoms with van der Waals surface area (Å²) in [4.78, 5) is 0. The van der Waals surface area contributed by atoms with Gasteiger partial charge < -0.3 is 10.4 Å². The Morgan fingerprint density at radius 2 is 2.06 bits per heavy atom. The van der Waals surface area contributed by atoms with Crippen molar-refractivity contribution in [1.82, 2.24) is 15.1 Å². The summed E-state index contributed by atoms with van der Waals surface area (Å²) < 4.78 is 2.21. The van der Waals surface area contributed by atoms with E-state index in [1.165, 1.54) is 24.1 Å². The van der Waals surface area contributed by atoms with Crippen LogP contribution in [0.1, 0.15) is 42.3 Å². The quantitative estimate of drug-likeness (QED) is 0.831. The number of aliphatic hydroxyl groups is 1. The van der Waals surface area contributed by atoms with Crippen LogP contribution in [0, 0.1) is 13.8 Å². The van der Waals surface area contributed by atoms with E-state index in [9.17, 15) is 0 Å². The topological polar surface area (TPSA) is 50.1 Å². The number of nitrogens with one attached hydrogen (secondary N) is 1. The summed E-state index contributed by atoms with van der Waals surface area (Å²) in [5, 5.41) is 17.0. The van der Waals surface area contributed by atoms with Gasteiger partial charge in [-0.2, -0.15) is 5.10 Å². The van der Waals surface area contributed by atoms with Gasteiger partial charge in [0.05, 0.1) is 11.7 Å². The smallest absolute Gasteiger partial charge is 0.0628 e. The van der Waals surface area contributed by atoms with Crippen molar-refractivity contribution in [2.45, 2.75) is 45.6 Å². The minimum absolute atomic E-state index is 0.261. The fourth-order valence-corrected chi connectivity index (χ4v) is 2.72. The molecule has 0 amide bonds. The summed E-state index contributed by atoms with van der Waals surface area (Å²) in [5.41, 5.74) is 3.76. The van der Waals surface area contributed by atoms with E-state index in [1.54, 1.807) is 0 Å². The predicted molar refractivity (Wildman–Crippen MR) is 68.2 cm³/mol. The highest BCUT2D eigenvalue weighted by atomic mass is 16.2. The molecule has 1 saturated heterocycles. The molecule has 1 aliphatic rings. The molecule has 1 aliphatic heterocycles. The average molecular weight is 237 g/mol. The largest absolute Gasteiger partial charge is 0.396 e. The molecule has 1 aromatic heterocycles. The van der Waals surface area contributed by atoms with E-state index in [4.69, 9.17) is 10.2 Å². The van der Waals surface area contributed by atoms with Gasteiger partial charge in [0.2, 0.25) is 0 Å². The molecule has 0 unspecified atom stereocenters. The molecule has 4 heteroatoms. The Kier molecular flexibility index (Phi) is 4.18. The number of hydrogen-bond donors (Lipinski definition) is 2. The second kappa shape index (κ2) is 5.65. The lowest BCUT2D eigenvalue weighted by molar-refractivity contribution is 0.288. The third-order valence-electron chi connectivity index (χ3n) is 3.71. The first-order chi connectivity index (χ1) is 8.24. The van der Waals surface area contributed by atoms with E-state index < -0.39 is 0 Å². The van der Waals surface area contributed by atoms with Gasteiger partial charge in [-0.25, -0.2) is 0 Å². The normalized spacial score (nSPS) is 17.6. The number of aryl methyl sites for hydroxylation is 1. The van der Waals surface area contributed by atoms with Crippen molar-refractivity contribution in [2.75, 3.05) is 19.7 Å². The lowest BCUT2D eigenvalue weighted by Gasteiger charge is -2.24. The molecule has 0 spiro atoms. The van der Waals surface area contributed by atoms with Gasteiger partial charge in [0.1, 0.15) is 0 Å². The van der Waals surface area contributed by atoms with Crippen molar-refractivity contribution in [3.63, 3.8) is 0 Å². The molecule has 4 nitrogen and oxygen atoms in total. The van der Waals surface area contributed by atoms with Crippen LogP contribution >= 0.6 is 0 Å². The van der Waals surface area contributed by atoms with E-state index in [1.807, 2.05) is 0 Å². The second-order valence-electron chi connectivity index (χ2n) is 4.90. The molecule has 0 radical (unpaired) electrons. The Morgan fingerprint density at radius 3 is 2.71 bits per heavy atom.